The lowest BCUT2D eigenvalue weighted by Gasteiger charge is -2.18. The van der Waals surface area contributed by atoms with Crippen molar-refractivity contribution in [2.24, 2.45) is 0 Å². The highest BCUT2D eigenvalue weighted by molar-refractivity contribution is 5.37. The summed E-state index contributed by atoms with van der Waals surface area (Å²) in [6.07, 6.45) is -0.634. The van der Waals surface area contributed by atoms with Crippen molar-refractivity contribution in [2.45, 2.75) is 12.6 Å². The molecule has 2 heterocycles. The van der Waals surface area contributed by atoms with E-state index in [2.05, 4.69) is 19.9 Å². The van der Waals surface area contributed by atoms with E-state index in [4.69, 9.17) is 5.73 Å². The summed E-state index contributed by atoms with van der Waals surface area (Å²) in [6, 6.07) is 0. The third-order valence-corrected chi connectivity index (χ3v) is 2.44. The van der Waals surface area contributed by atoms with E-state index in [0.29, 0.717) is 0 Å². The number of nitrogen functional groups attached to an aromatic ring is 1. The number of nitrogens with two attached hydrogens (primary N) is 1. The van der Waals surface area contributed by atoms with Crippen LogP contribution >= 0.6 is 0 Å². The van der Waals surface area contributed by atoms with Gasteiger partial charge in [-0.2, -0.15) is 28.1 Å². The Morgan fingerprint density at radius 2 is 2.05 bits per heavy atom. The van der Waals surface area contributed by atoms with Crippen molar-refractivity contribution in [3.05, 3.63) is 18.7 Å². The molecule has 0 fully saturated rings. The first-order chi connectivity index (χ1) is 9.35. The van der Waals surface area contributed by atoms with Crippen LogP contribution in [-0.4, -0.2) is 44.3 Å². The molecule has 0 atom stereocenters. The second-order valence-corrected chi connectivity index (χ2v) is 4.05. The van der Waals surface area contributed by atoms with Gasteiger partial charge in [-0.15, -0.1) is 0 Å². The SMILES string of the molecule is CN(CCC(F)(F)F)c1nc(N)nc(-n2ccnc2)n1. The Morgan fingerprint density at radius 1 is 1.30 bits per heavy atom. The quantitative estimate of drug-likeness (QED) is 0.904. The molecule has 2 rings (SSSR count). The van der Waals surface area contributed by atoms with Crippen molar-refractivity contribution in [1.82, 2.24) is 24.5 Å². The molecular weight excluding hydrogens is 275 g/mol. The van der Waals surface area contributed by atoms with Gasteiger partial charge in [0.15, 0.2) is 0 Å². The average molecular weight is 287 g/mol. The van der Waals surface area contributed by atoms with E-state index in [1.54, 1.807) is 6.20 Å². The minimum Gasteiger partial charge on any atom is -0.368 e. The largest absolute Gasteiger partial charge is 0.390 e. The minimum absolute atomic E-state index is 0.0717. The number of halogens is 3. The van der Waals surface area contributed by atoms with Gasteiger partial charge >= 0.3 is 6.18 Å². The monoisotopic (exact) mass is 287 g/mol. The molecule has 2 N–H and O–H groups in total. The smallest absolute Gasteiger partial charge is 0.368 e. The lowest BCUT2D eigenvalue weighted by Crippen LogP contribution is -2.26. The molecule has 2 aromatic rings. The summed E-state index contributed by atoms with van der Waals surface area (Å²) < 4.78 is 38.1. The van der Waals surface area contributed by atoms with Crippen molar-refractivity contribution < 1.29 is 13.2 Å². The molecule has 0 saturated carbocycles. The molecule has 0 radical (unpaired) electrons. The van der Waals surface area contributed by atoms with Gasteiger partial charge in [0.1, 0.15) is 6.33 Å². The predicted molar refractivity (Wildman–Crippen MR) is 65.3 cm³/mol. The molecule has 0 aliphatic carbocycles. The molecular formula is C10H12F3N7. The van der Waals surface area contributed by atoms with Crippen molar-refractivity contribution >= 4 is 11.9 Å². The Bertz CT molecular complexity index is 567. The first-order valence-corrected chi connectivity index (χ1v) is 5.63. The van der Waals surface area contributed by atoms with Crippen LogP contribution in [0.15, 0.2) is 18.7 Å². The summed E-state index contributed by atoms with van der Waals surface area (Å²) in [6.45, 7) is -0.268. The highest BCUT2D eigenvalue weighted by atomic mass is 19.4. The van der Waals surface area contributed by atoms with Gasteiger partial charge in [0, 0.05) is 26.0 Å². The Hall–Kier alpha value is -2.39. The van der Waals surface area contributed by atoms with E-state index < -0.39 is 12.6 Å². The molecule has 10 heteroatoms. The fourth-order valence-electron chi connectivity index (χ4n) is 1.43. The Balaban J connectivity index is 2.20. The van der Waals surface area contributed by atoms with Crippen LogP contribution in [0.5, 0.6) is 0 Å². The molecule has 0 amide bonds. The lowest BCUT2D eigenvalue weighted by molar-refractivity contribution is -0.132. The van der Waals surface area contributed by atoms with Gasteiger partial charge in [-0.25, -0.2) is 4.98 Å². The van der Waals surface area contributed by atoms with Gasteiger partial charge in [0.25, 0.3) is 0 Å². The fraction of sp³-hybridized carbons (Fsp3) is 0.400. The van der Waals surface area contributed by atoms with E-state index >= 15 is 0 Å². The summed E-state index contributed by atoms with van der Waals surface area (Å²) in [4.78, 5) is 16.9. The fourth-order valence-corrected chi connectivity index (χ4v) is 1.43. The van der Waals surface area contributed by atoms with Crippen LogP contribution in [0, 0.1) is 0 Å². The van der Waals surface area contributed by atoms with Gasteiger partial charge in [0.05, 0.1) is 6.42 Å². The standard InChI is InChI=1S/C10H12F3N7/c1-19(4-2-10(11,12)13)8-16-7(14)17-9(18-8)20-5-3-15-6-20/h3,5-6H,2,4H2,1H3,(H2,14,16,17,18). The van der Waals surface area contributed by atoms with Gasteiger partial charge < -0.3 is 10.6 Å². The number of imidazole rings is 1. The Kier molecular flexibility index (Phi) is 3.72. The molecule has 20 heavy (non-hydrogen) atoms. The van der Waals surface area contributed by atoms with Crippen LogP contribution in [0.2, 0.25) is 0 Å². The van der Waals surface area contributed by atoms with Crippen LogP contribution < -0.4 is 10.6 Å². The van der Waals surface area contributed by atoms with E-state index in [9.17, 15) is 13.2 Å². The number of anilines is 2. The summed E-state index contributed by atoms with van der Waals surface area (Å²) in [5.74, 6) is 0.201. The van der Waals surface area contributed by atoms with Gasteiger partial charge in [-0.1, -0.05) is 0 Å². The Labute approximate surface area is 112 Å². The number of alkyl halides is 3. The molecule has 2 aromatic heterocycles. The highest BCUT2D eigenvalue weighted by Gasteiger charge is 2.27. The molecule has 7 nitrogen and oxygen atoms in total. The van der Waals surface area contributed by atoms with E-state index in [-0.39, 0.29) is 24.4 Å². The third kappa shape index (κ3) is 3.56. The molecule has 108 valence electrons. The summed E-state index contributed by atoms with van der Waals surface area (Å²) in [5.41, 5.74) is 5.54. The molecule has 0 bridgehead atoms. The number of aromatic nitrogens is 5. The van der Waals surface area contributed by atoms with Gasteiger partial charge in [-0.3, -0.25) is 4.57 Å². The van der Waals surface area contributed by atoms with Crippen LogP contribution in [0.1, 0.15) is 6.42 Å². The van der Waals surface area contributed by atoms with Gasteiger partial charge in [-0.05, 0) is 0 Å². The zero-order valence-corrected chi connectivity index (χ0v) is 10.5. The first-order valence-electron chi connectivity index (χ1n) is 5.63. The van der Waals surface area contributed by atoms with Crippen molar-refractivity contribution in [3.63, 3.8) is 0 Å². The maximum atomic E-state index is 12.2. The summed E-state index contributed by atoms with van der Waals surface area (Å²) in [5, 5.41) is 0. The van der Waals surface area contributed by atoms with E-state index in [0.717, 1.165) is 0 Å². The summed E-state index contributed by atoms with van der Waals surface area (Å²) in [7, 11) is 1.46. The van der Waals surface area contributed by atoms with Crippen molar-refractivity contribution in [2.75, 3.05) is 24.2 Å². The predicted octanol–water partition coefficient (Wildman–Crippen LogP) is 1.03. The second kappa shape index (κ2) is 5.31. The second-order valence-electron chi connectivity index (χ2n) is 4.05. The maximum Gasteiger partial charge on any atom is 0.390 e. The normalized spacial score (nSPS) is 11.6. The summed E-state index contributed by atoms with van der Waals surface area (Å²) >= 11 is 0. The van der Waals surface area contributed by atoms with Crippen LogP contribution in [-0.2, 0) is 0 Å². The first kappa shape index (κ1) is 14.0. The molecule has 0 aliphatic rings. The Morgan fingerprint density at radius 3 is 2.65 bits per heavy atom. The van der Waals surface area contributed by atoms with Crippen LogP contribution in [0.4, 0.5) is 25.1 Å². The zero-order valence-electron chi connectivity index (χ0n) is 10.5. The minimum atomic E-state index is -4.24. The number of hydrogen-bond donors (Lipinski definition) is 1. The van der Waals surface area contributed by atoms with Crippen LogP contribution in [0.3, 0.4) is 0 Å². The number of hydrogen-bond acceptors (Lipinski definition) is 6. The lowest BCUT2D eigenvalue weighted by atomic mass is 10.4. The van der Waals surface area contributed by atoms with Gasteiger partial charge in [0.2, 0.25) is 17.8 Å². The molecule has 0 aromatic carbocycles. The molecule has 0 saturated heterocycles. The van der Waals surface area contributed by atoms with Crippen molar-refractivity contribution in [3.8, 4) is 5.95 Å². The maximum absolute atomic E-state index is 12.2. The highest BCUT2D eigenvalue weighted by Crippen LogP contribution is 2.20. The molecule has 0 unspecified atom stereocenters. The zero-order chi connectivity index (χ0) is 14.8. The topological polar surface area (TPSA) is 85.8 Å². The number of rotatable bonds is 4. The molecule has 0 aliphatic heterocycles. The third-order valence-electron chi connectivity index (χ3n) is 2.44. The number of nitrogens with zero attached hydrogens (tertiary/aromatic N) is 6. The molecule has 0 spiro atoms. The average Bonchev–Trinajstić information content (AvgIpc) is 2.88. The van der Waals surface area contributed by atoms with E-state index in [1.807, 2.05) is 0 Å². The van der Waals surface area contributed by atoms with Crippen molar-refractivity contribution in [1.29, 1.82) is 0 Å². The van der Waals surface area contributed by atoms with E-state index in [1.165, 1.54) is 29.0 Å². The van der Waals surface area contributed by atoms with Crippen LogP contribution in [0.25, 0.3) is 5.95 Å².